The van der Waals surface area contributed by atoms with Gasteiger partial charge < -0.3 is 9.80 Å². The van der Waals surface area contributed by atoms with Crippen LogP contribution in [0.3, 0.4) is 0 Å². The summed E-state index contributed by atoms with van der Waals surface area (Å²) in [4.78, 5) is 20.7. The van der Waals surface area contributed by atoms with E-state index in [2.05, 4.69) is 9.88 Å². The maximum Gasteiger partial charge on any atom is 0.223 e. The van der Waals surface area contributed by atoms with Gasteiger partial charge in [0.05, 0.1) is 0 Å². The molecule has 0 spiro atoms. The minimum atomic E-state index is -0.186. The monoisotopic (exact) mass is 333 g/mol. The molecular weight excluding hydrogens is 313 g/mol. The number of aryl methyl sites for hydroxylation is 2. The Bertz CT molecular complexity index is 666. The van der Waals surface area contributed by atoms with Crippen LogP contribution in [0.4, 0.5) is 9.52 Å². The summed E-state index contributed by atoms with van der Waals surface area (Å²) < 4.78 is 14.0. The number of hydrogen-bond donors (Lipinski definition) is 0. The highest BCUT2D eigenvalue weighted by atomic mass is 32.1. The molecule has 4 nitrogen and oxygen atoms in total. The number of anilines is 1. The molecule has 0 aliphatic carbocycles. The molecule has 3 rings (SSSR count). The van der Waals surface area contributed by atoms with Crippen molar-refractivity contribution >= 4 is 22.4 Å². The number of aromatic nitrogens is 1. The molecule has 1 amide bonds. The molecule has 0 bridgehead atoms. The average Bonchev–Trinajstić information content (AvgIpc) is 3.10. The van der Waals surface area contributed by atoms with Crippen LogP contribution in [0.1, 0.15) is 17.5 Å². The molecular formula is C17H20FN3OS. The summed E-state index contributed by atoms with van der Waals surface area (Å²) in [5.74, 6) is -0.0846. The summed E-state index contributed by atoms with van der Waals surface area (Å²) >= 11 is 1.62. The molecule has 0 N–H and O–H groups in total. The second-order valence-corrected chi connectivity index (χ2v) is 6.60. The molecule has 122 valence electrons. The van der Waals surface area contributed by atoms with E-state index in [4.69, 9.17) is 0 Å². The van der Waals surface area contributed by atoms with Gasteiger partial charge in [-0.1, -0.05) is 18.2 Å². The van der Waals surface area contributed by atoms with Crippen molar-refractivity contribution in [3.8, 4) is 0 Å². The van der Waals surface area contributed by atoms with Crippen molar-refractivity contribution in [3.63, 3.8) is 0 Å². The minimum absolute atomic E-state index is 0.102. The lowest BCUT2D eigenvalue weighted by Crippen LogP contribution is -2.48. The number of thiazole rings is 1. The van der Waals surface area contributed by atoms with Crippen LogP contribution in [0.2, 0.25) is 0 Å². The SMILES string of the molecule is Cc1cccc(CCC(=O)N2CCN(c3nccs3)CC2)c1F. The van der Waals surface area contributed by atoms with Crippen LogP contribution in [0, 0.1) is 12.7 Å². The first-order valence-electron chi connectivity index (χ1n) is 7.81. The van der Waals surface area contributed by atoms with Crippen molar-refractivity contribution in [3.05, 3.63) is 46.7 Å². The van der Waals surface area contributed by atoms with Gasteiger partial charge in [0.25, 0.3) is 0 Å². The molecule has 0 atom stereocenters. The predicted molar refractivity (Wildman–Crippen MR) is 90.4 cm³/mol. The number of hydrogen-bond acceptors (Lipinski definition) is 4. The van der Waals surface area contributed by atoms with Gasteiger partial charge in [0, 0.05) is 44.2 Å². The zero-order chi connectivity index (χ0) is 16.2. The topological polar surface area (TPSA) is 36.4 Å². The number of carbonyl (C=O) groups is 1. The predicted octanol–water partition coefficient (Wildman–Crippen LogP) is 2.87. The van der Waals surface area contributed by atoms with Gasteiger partial charge in [0.15, 0.2) is 5.13 Å². The molecule has 1 aliphatic heterocycles. The molecule has 0 saturated carbocycles. The zero-order valence-electron chi connectivity index (χ0n) is 13.2. The Morgan fingerprint density at radius 3 is 2.78 bits per heavy atom. The van der Waals surface area contributed by atoms with E-state index >= 15 is 0 Å². The maximum atomic E-state index is 14.0. The number of nitrogens with zero attached hydrogens (tertiary/aromatic N) is 3. The van der Waals surface area contributed by atoms with Crippen LogP contribution >= 0.6 is 11.3 Å². The summed E-state index contributed by atoms with van der Waals surface area (Å²) in [6.45, 7) is 4.76. The van der Waals surface area contributed by atoms with Crippen molar-refractivity contribution in [2.24, 2.45) is 0 Å². The fraction of sp³-hybridized carbons (Fsp3) is 0.412. The number of rotatable bonds is 4. The number of halogens is 1. The quantitative estimate of drug-likeness (QED) is 0.863. The zero-order valence-corrected chi connectivity index (χ0v) is 14.0. The fourth-order valence-electron chi connectivity index (χ4n) is 2.82. The highest BCUT2D eigenvalue weighted by Crippen LogP contribution is 2.19. The molecule has 1 aromatic heterocycles. The van der Waals surface area contributed by atoms with Gasteiger partial charge in [-0.2, -0.15) is 0 Å². The normalized spacial score (nSPS) is 15.0. The fourth-order valence-corrected chi connectivity index (χ4v) is 3.52. The van der Waals surface area contributed by atoms with Crippen LogP contribution in [0.25, 0.3) is 0 Å². The second-order valence-electron chi connectivity index (χ2n) is 5.73. The number of benzene rings is 1. The van der Waals surface area contributed by atoms with E-state index in [9.17, 15) is 9.18 Å². The Labute approximate surface area is 139 Å². The van der Waals surface area contributed by atoms with Crippen LogP contribution in [-0.2, 0) is 11.2 Å². The van der Waals surface area contributed by atoms with Crippen LogP contribution in [-0.4, -0.2) is 42.0 Å². The van der Waals surface area contributed by atoms with Crippen molar-refractivity contribution in [1.82, 2.24) is 9.88 Å². The first kappa shape index (κ1) is 15.9. The molecule has 23 heavy (non-hydrogen) atoms. The third kappa shape index (κ3) is 3.69. The van der Waals surface area contributed by atoms with Gasteiger partial charge in [0.1, 0.15) is 5.82 Å². The Hall–Kier alpha value is -1.95. The lowest BCUT2D eigenvalue weighted by Gasteiger charge is -2.34. The molecule has 0 radical (unpaired) electrons. The number of carbonyl (C=O) groups excluding carboxylic acids is 1. The molecule has 6 heteroatoms. The Morgan fingerprint density at radius 1 is 1.30 bits per heavy atom. The number of amides is 1. The van der Waals surface area contributed by atoms with Crippen molar-refractivity contribution in [1.29, 1.82) is 0 Å². The van der Waals surface area contributed by atoms with E-state index < -0.39 is 0 Å². The lowest BCUT2D eigenvalue weighted by atomic mass is 10.1. The van der Waals surface area contributed by atoms with Gasteiger partial charge >= 0.3 is 0 Å². The second kappa shape index (κ2) is 7.08. The van der Waals surface area contributed by atoms with Crippen LogP contribution in [0.5, 0.6) is 0 Å². The summed E-state index contributed by atoms with van der Waals surface area (Å²) in [6.07, 6.45) is 2.62. The highest BCUT2D eigenvalue weighted by molar-refractivity contribution is 7.13. The van der Waals surface area contributed by atoms with Crippen molar-refractivity contribution < 1.29 is 9.18 Å². The first-order valence-corrected chi connectivity index (χ1v) is 8.69. The van der Waals surface area contributed by atoms with E-state index in [-0.39, 0.29) is 11.7 Å². The molecule has 2 aromatic rings. The van der Waals surface area contributed by atoms with Gasteiger partial charge in [-0.25, -0.2) is 9.37 Å². The Balaban J connectivity index is 1.51. The third-order valence-electron chi connectivity index (χ3n) is 4.20. The first-order chi connectivity index (χ1) is 11.1. The van der Waals surface area contributed by atoms with Crippen molar-refractivity contribution in [2.45, 2.75) is 19.8 Å². The summed E-state index contributed by atoms with van der Waals surface area (Å²) in [5, 5.41) is 2.97. The standard InChI is InChI=1S/C17H20FN3OS/c1-13-3-2-4-14(16(13)18)5-6-15(22)20-8-10-21(11-9-20)17-19-7-12-23-17/h2-4,7,12H,5-6,8-11H2,1H3. The Morgan fingerprint density at radius 2 is 2.09 bits per heavy atom. The van der Waals surface area contributed by atoms with Gasteiger partial charge in [-0.05, 0) is 24.5 Å². The van der Waals surface area contributed by atoms with E-state index in [1.807, 2.05) is 16.3 Å². The van der Waals surface area contributed by atoms with Crippen LogP contribution in [0.15, 0.2) is 29.8 Å². The Kier molecular flexibility index (Phi) is 4.91. The highest BCUT2D eigenvalue weighted by Gasteiger charge is 2.22. The summed E-state index contributed by atoms with van der Waals surface area (Å²) in [7, 11) is 0. The van der Waals surface area contributed by atoms with E-state index in [1.54, 1.807) is 36.6 Å². The molecule has 1 aliphatic rings. The van der Waals surface area contributed by atoms with Gasteiger partial charge in [-0.3, -0.25) is 4.79 Å². The lowest BCUT2D eigenvalue weighted by molar-refractivity contribution is -0.131. The van der Waals surface area contributed by atoms with Gasteiger partial charge in [-0.15, -0.1) is 11.3 Å². The van der Waals surface area contributed by atoms with Crippen molar-refractivity contribution in [2.75, 3.05) is 31.1 Å². The molecule has 2 heterocycles. The molecule has 0 unspecified atom stereocenters. The maximum absolute atomic E-state index is 14.0. The van der Waals surface area contributed by atoms with E-state index in [0.29, 0.717) is 37.1 Å². The van der Waals surface area contributed by atoms with Gasteiger partial charge in [0.2, 0.25) is 5.91 Å². The smallest absolute Gasteiger partial charge is 0.223 e. The summed E-state index contributed by atoms with van der Waals surface area (Å²) in [5.41, 5.74) is 1.26. The third-order valence-corrected chi connectivity index (χ3v) is 5.03. The number of piperazine rings is 1. The molecule has 1 fully saturated rings. The largest absolute Gasteiger partial charge is 0.345 e. The van der Waals surface area contributed by atoms with E-state index in [0.717, 1.165) is 18.2 Å². The van der Waals surface area contributed by atoms with E-state index in [1.165, 1.54) is 0 Å². The molecule has 1 saturated heterocycles. The summed E-state index contributed by atoms with van der Waals surface area (Å²) in [6, 6.07) is 5.35. The van der Waals surface area contributed by atoms with Crippen LogP contribution < -0.4 is 4.90 Å². The minimum Gasteiger partial charge on any atom is -0.345 e. The average molecular weight is 333 g/mol. The molecule has 1 aromatic carbocycles.